The summed E-state index contributed by atoms with van der Waals surface area (Å²) in [6.45, 7) is -0.106. The van der Waals surface area contributed by atoms with E-state index in [-0.39, 0.29) is 17.2 Å². The lowest BCUT2D eigenvalue weighted by Gasteiger charge is -2.13. The first kappa shape index (κ1) is 18.1. The highest BCUT2D eigenvalue weighted by atomic mass is 32.2. The van der Waals surface area contributed by atoms with Crippen molar-refractivity contribution in [1.29, 1.82) is 0 Å². The summed E-state index contributed by atoms with van der Waals surface area (Å²) in [4.78, 5) is 2.94. The maximum atomic E-state index is 12.4. The summed E-state index contributed by atoms with van der Waals surface area (Å²) < 4.78 is 32.4. The normalized spacial score (nSPS) is 12.9. The third-order valence-electron chi connectivity index (χ3n) is 3.54. The second-order valence-electron chi connectivity index (χ2n) is 5.20. The van der Waals surface area contributed by atoms with Gasteiger partial charge in [-0.15, -0.1) is 22.7 Å². The first-order valence-corrected chi connectivity index (χ1v) is 10.6. The van der Waals surface area contributed by atoms with Crippen molar-refractivity contribution in [3.05, 3.63) is 58.8 Å². The Balaban J connectivity index is 1.70. The summed E-state index contributed by atoms with van der Waals surface area (Å²) in [5, 5.41) is 12.3. The van der Waals surface area contributed by atoms with E-state index >= 15 is 0 Å². The quantitative estimate of drug-likeness (QED) is 0.642. The number of benzene rings is 1. The largest absolute Gasteiger partial charge is 0.495 e. The summed E-state index contributed by atoms with van der Waals surface area (Å²) in [6, 6.07) is 14.1. The summed E-state index contributed by atoms with van der Waals surface area (Å²) in [6.07, 6.45) is -0.914. The van der Waals surface area contributed by atoms with Crippen molar-refractivity contribution >= 4 is 32.7 Å². The SMILES string of the molecule is COc1ccccc1S(=O)(=O)NC[C@H](O)c1ccc(-c2cccs2)s1. The first-order chi connectivity index (χ1) is 12.0. The van der Waals surface area contributed by atoms with Crippen LogP contribution in [0.5, 0.6) is 5.75 Å². The van der Waals surface area contributed by atoms with Gasteiger partial charge in [-0.1, -0.05) is 18.2 Å². The Morgan fingerprint density at radius 1 is 1.12 bits per heavy atom. The fourth-order valence-corrected chi connectivity index (χ4v) is 5.33. The molecule has 0 aliphatic carbocycles. The van der Waals surface area contributed by atoms with E-state index in [9.17, 15) is 13.5 Å². The van der Waals surface area contributed by atoms with E-state index in [1.807, 2.05) is 29.6 Å². The van der Waals surface area contributed by atoms with Gasteiger partial charge < -0.3 is 9.84 Å². The van der Waals surface area contributed by atoms with Crippen molar-refractivity contribution in [3.63, 3.8) is 0 Å². The molecule has 5 nitrogen and oxygen atoms in total. The Bertz CT molecular complexity index is 932. The van der Waals surface area contributed by atoms with Crippen LogP contribution in [-0.4, -0.2) is 27.2 Å². The molecule has 8 heteroatoms. The molecule has 0 radical (unpaired) electrons. The molecule has 132 valence electrons. The number of rotatable bonds is 7. The summed E-state index contributed by atoms with van der Waals surface area (Å²) in [7, 11) is -2.35. The molecule has 1 atom stereocenters. The van der Waals surface area contributed by atoms with Crippen LogP contribution in [0.1, 0.15) is 11.0 Å². The van der Waals surface area contributed by atoms with Gasteiger partial charge in [0.15, 0.2) is 0 Å². The molecule has 0 aliphatic heterocycles. The van der Waals surface area contributed by atoms with Gasteiger partial charge in [0.2, 0.25) is 10.0 Å². The van der Waals surface area contributed by atoms with Gasteiger partial charge in [-0.2, -0.15) is 0 Å². The Hall–Kier alpha value is -1.71. The van der Waals surface area contributed by atoms with Crippen LogP contribution in [0.15, 0.2) is 58.8 Å². The van der Waals surface area contributed by atoms with Gasteiger partial charge in [0.05, 0.1) is 7.11 Å². The number of thiophene rings is 2. The molecule has 3 rings (SSSR count). The van der Waals surface area contributed by atoms with Gasteiger partial charge in [-0.05, 0) is 35.7 Å². The predicted molar refractivity (Wildman–Crippen MR) is 101 cm³/mol. The Kier molecular flexibility index (Phi) is 5.55. The summed E-state index contributed by atoms with van der Waals surface area (Å²) >= 11 is 3.08. The van der Waals surface area contributed by atoms with Gasteiger partial charge in [0.25, 0.3) is 0 Å². The second kappa shape index (κ2) is 7.67. The minimum Gasteiger partial charge on any atom is -0.495 e. The number of sulfonamides is 1. The van der Waals surface area contributed by atoms with Crippen LogP contribution in [0.2, 0.25) is 0 Å². The van der Waals surface area contributed by atoms with Gasteiger partial charge in [0.1, 0.15) is 16.7 Å². The van der Waals surface area contributed by atoms with Crippen molar-refractivity contribution < 1.29 is 18.3 Å². The maximum Gasteiger partial charge on any atom is 0.244 e. The minimum absolute atomic E-state index is 0.0511. The molecular formula is C17H17NO4S3. The molecule has 0 unspecified atom stereocenters. The maximum absolute atomic E-state index is 12.4. The summed E-state index contributed by atoms with van der Waals surface area (Å²) in [5.41, 5.74) is 0. The molecule has 0 fully saturated rings. The number of methoxy groups -OCH3 is 1. The van der Waals surface area contributed by atoms with Crippen molar-refractivity contribution in [3.8, 4) is 15.5 Å². The number of hydrogen-bond donors (Lipinski definition) is 2. The molecule has 0 bridgehead atoms. The molecule has 1 aromatic carbocycles. The van der Waals surface area contributed by atoms with E-state index in [0.717, 1.165) is 9.75 Å². The third kappa shape index (κ3) is 4.10. The zero-order valence-electron chi connectivity index (χ0n) is 13.4. The minimum atomic E-state index is -3.77. The van der Waals surface area contributed by atoms with E-state index in [2.05, 4.69) is 4.72 Å². The van der Waals surface area contributed by atoms with Gasteiger partial charge in [-0.3, -0.25) is 0 Å². The number of aliphatic hydroxyl groups is 1. The highest BCUT2D eigenvalue weighted by Crippen LogP contribution is 2.34. The van der Waals surface area contributed by atoms with Crippen LogP contribution < -0.4 is 9.46 Å². The Morgan fingerprint density at radius 3 is 2.64 bits per heavy atom. The van der Waals surface area contributed by atoms with Gasteiger partial charge in [-0.25, -0.2) is 13.1 Å². The first-order valence-electron chi connectivity index (χ1n) is 7.45. The van der Waals surface area contributed by atoms with E-state index < -0.39 is 16.1 Å². The van der Waals surface area contributed by atoms with E-state index in [1.54, 1.807) is 29.5 Å². The van der Waals surface area contributed by atoms with E-state index in [1.165, 1.54) is 24.5 Å². The number of ether oxygens (including phenoxy) is 1. The highest BCUT2D eigenvalue weighted by molar-refractivity contribution is 7.89. The molecule has 25 heavy (non-hydrogen) atoms. The lowest BCUT2D eigenvalue weighted by atomic mass is 10.3. The number of nitrogens with one attached hydrogen (secondary N) is 1. The number of aliphatic hydroxyl groups excluding tert-OH is 1. The van der Waals surface area contributed by atoms with Crippen molar-refractivity contribution in [1.82, 2.24) is 4.72 Å². The smallest absolute Gasteiger partial charge is 0.244 e. The van der Waals surface area contributed by atoms with Gasteiger partial charge in [0, 0.05) is 21.2 Å². The summed E-state index contributed by atoms with van der Waals surface area (Å²) in [5.74, 6) is 0.264. The zero-order chi connectivity index (χ0) is 17.9. The second-order valence-corrected chi connectivity index (χ2v) is 9.00. The molecule has 0 spiro atoms. The van der Waals surface area contributed by atoms with Crippen LogP contribution in [0, 0.1) is 0 Å². The Labute approximate surface area is 154 Å². The van der Waals surface area contributed by atoms with Crippen LogP contribution in [0.3, 0.4) is 0 Å². The van der Waals surface area contributed by atoms with Crippen LogP contribution in [0.25, 0.3) is 9.75 Å². The predicted octanol–water partition coefficient (Wildman–Crippen LogP) is 3.50. The monoisotopic (exact) mass is 395 g/mol. The van der Waals surface area contributed by atoms with Crippen molar-refractivity contribution in [2.24, 2.45) is 0 Å². The van der Waals surface area contributed by atoms with Crippen molar-refractivity contribution in [2.45, 2.75) is 11.0 Å². The number of hydrogen-bond acceptors (Lipinski definition) is 6. The molecule has 2 aromatic heterocycles. The molecule has 0 amide bonds. The Morgan fingerprint density at radius 2 is 1.92 bits per heavy atom. The average molecular weight is 396 g/mol. The van der Waals surface area contributed by atoms with Crippen molar-refractivity contribution in [2.75, 3.05) is 13.7 Å². The van der Waals surface area contributed by atoms with Crippen LogP contribution in [-0.2, 0) is 10.0 Å². The van der Waals surface area contributed by atoms with E-state index in [4.69, 9.17) is 4.74 Å². The molecule has 0 saturated heterocycles. The van der Waals surface area contributed by atoms with Crippen LogP contribution in [0.4, 0.5) is 0 Å². The molecule has 3 aromatic rings. The average Bonchev–Trinajstić information content (AvgIpc) is 3.30. The zero-order valence-corrected chi connectivity index (χ0v) is 15.8. The highest BCUT2D eigenvalue weighted by Gasteiger charge is 2.21. The topological polar surface area (TPSA) is 75.6 Å². The molecular weight excluding hydrogens is 378 g/mol. The standard InChI is InChI=1S/C17H17NO4S3/c1-22-13-5-2-3-7-17(13)25(20,21)18-11-12(19)14-8-9-16(24-14)15-6-4-10-23-15/h2-10,12,18-19H,11H2,1H3/t12-/m0/s1. The molecule has 0 saturated carbocycles. The fourth-order valence-electron chi connectivity index (χ4n) is 2.29. The molecule has 0 aliphatic rings. The number of para-hydroxylation sites is 1. The van der Waals surface area contributed by atoms with Gasteiger partial charge >= 0.3 is 0 Å². The molecule has 2 heterocycles. The fraction of sp³-hybridized carbons (Fsp3) is 0.176. The third-order valence-corrected chi connectivity index (χ3v) is 7.26. The van der Waals surface area contributed by atoms with Crippen LogP contribution >= 0.6 is 22.7 Å². The molecule has 2 N–H and O–H groups in total. The lowest BCUT2D eigenvalue weighted by molar-refractivity contribution is 0.185. The van der Waals surface area contributed by atoms with E-state index in [0.29, 0.717) is 4.88 Å². The lowest BCUT2D eigenvalue weighted by Crippen LogP contribution is -2.28.